The number of carbonyl (C=O) groups excluding carboxylic acids is 1. The van der Waals surface area contributed by atoms with E-state index in [0.29, 0.717) is 16.9 Å². The summed E-state index contributed by atoms with van der Waals surface area (Å²) in [6.07, 6.45) is 3.85. The highest BCUT2D eigenvalue weighted by molar-refractivity contribution is 6.05. The van der Waals surface area contributed by atoms with Gasteiger partial charge in [-0.25, -0.2) is 4.79 Å². The van der Waals surface area contributed by atoms with Gasteiger partial charge < -0.3 is 5.73 Å². The normalized spacial score (nSPS) is 12.1. The molecule has 20 heavy (non-hydrogen) atoms. The van der Waals surface area contributed by atoms with Crippen molar-refractivity contribution in [1.82, 2.24) is 0 Å². The number of urea groups is 1. The van der Waals surface area contributed by atoms with Gasteiger partial charge in [-0.1, -0.05) is 36.4 Å². The highest BCUT2D eigenvalue weighted by Crippen LogP contribution is 2.36. The second-order valence-electron chi connectivity index (χ2n) is 4.45. The first kappa shape index (κ1) is 12.0. The molecule has 0 aliphatic carbocycles. The van der Waals surface area contributed by atoms with E-state index in [0.717, 1.165) is 11.1 Å². The number of benzene rings is 2. The molecule has 0 saturated heterocycles. The van der Waals surface area contributed by atoms with Gasteiger partial charge in [0.25, 0.3) is 0 Å². The van der Waals surface area contributed by atoms with Gasteiger partial charge in [0.2, 0.25) is 0 Å². The molecule has 0 aromatic heterocycles. The minimum absolute atomic E-state index is 0.489. The lowest BCUT2D eigenvalue weighted by molar-refractivity contribution is 0.256. The third-order valence-corrected chi connectivity index (χ3v) is 3.24. The number of nitriles is 1. The van der Waals surface area contributed by atoms with Crippen LogP contribution in [0, 0.1) is 11.3 Å². The van der Waals surface area contributed by atoms with E-state index in [1.54, 1.807) is 12.1 Å². The Kier molecular flexibility index (Phi) is 2.73. The molecule has 0 bridgehead atoms. The van der Waals surface area contributed by atoms with E-state index in [2.05, 4.69) is 6.07 Å². The summed E-state index contributed by atoms with van der Waals surface area (Å²) in [6.45, 7) is 0. The lowest BCUT2D eigenvalue weighted by Crippen LogP contribution is -2.32. The van der Waals surface area contributed by atoms with Gasteiger partial charge in [-0.3, -0.25) is 4.90 Å². The molecule has 0 atom stereocenters. The van der Waals surface area contributed by atoms with Gasteiger partial charge >= 0.3 is 6.03 Å². The summed E-state index contributed by atoms with van der Waals surface area (Å²) in [5.41, 5.74) is 9.11. The predicted molar refractivity (Wildman–Crippen MR) is 78.2 cm³/mol. The third-order valence-electron chi connectivity index (χ3n) is 3.24. The summed E-state index contributed by atoms with van der Waals surface area (Å²) >= 11 is 0. The van der Waals surface area contributed by atoms with Crippen molar-refractivity contribution in [2.45, 2.75) is 0 Å². The van der Waals surface area contributed by atoms with Crippen LogP contribution < -0.4 is 10.6 Å². The zero-order chi connectivity index (χ0) is 14.1. The van der Waals surface area contributed by atoms with Gasteiger partial charge in [0.15, 0.2) is 0 Å². The monoisotopic (exact) mass is 261 g/mol. The van der Waals surface area contributed by atoms with Crippen LogP contribution in [-0.4, -0.2) is 6.03 Å². The van der Waals surface area contributed by atoms with Crippen LogP contribution in [0.3, 0.4) is 0 Å². The number of rotatable bonds is 0. The minimum atomic E-state index is -0.572. The summed E-state index contributed by atoms with van der Waals surface area (Å²) in [4.78, 5) is 13.3. The van der Waals surface area contributed by atoms with E-state index in [1.165, 1.54) is 4.90 Å². The number of hydrogen-bond acceptors (Lipinski definition) is 2. The Balaban J connectivity index is 2.31. The van der Waals surface area contributed by atoms with Crippen LogP contribution in [0.2, 0.25) is 0 Å². The fraction of sp³-hybridized carbons (Fsp3) is 0. The molecule has 3 rings (SSSR count). The number of fused-ring (bicyclic) bond motifs is 2. The smallest absolute Gasteiger partial charge is 0.323 e. The lowest BCUT2D eigenvalue weighted by atomic mass is 10.1. The van der Waals surface area contributed by atoms with E-state index in [-0.39, 0.29) is 0 Å². The molecule has 2 aromatic rings. The SMILES string of the molecule is N#Cc1ccc2c(c1)N(C(N)=O)c1ccccc1C=C2. The van der Waals surface area contributed by atoms with Crippen LogP contribution in [0.25, 0.3) is 12.2 Å². The molecule has 4 nitrogen and oxygen atoms in total. The summed E-state index contributed by atoms with van der Waals surface area (Å²) in [5.74, 6) is 0. The maximum absolute atomic E-state index is 11.9. The summed E-state index contributed by atoms with van der Waals surface area (Å²) in [6, 6.07) is 14.2. The van der Waals surface area contributed by atoms with Crippen molar-refractivity contribution in [3.63, 3.8) is 0 Å². The molecule has 1 heterocycles. The highest BCUT2D eigenvalue weighted by Gasteiger charge is 2.22. The molecule has 0 radical (unpaired) electrons. The average molecular weight is 261 g/mol. The Morgan fingerprint density at radius 3 is 2.45 bits per heavy atom. The van der Waals surface area contributed by atoms with Crippen LogP contribution in [-0.2, 0) is 0 Å². The van der Waals surface area contributed by atoms with Crippen LogP contribution in [0.4, 0.5) is 16.2 Å². The topological polar surface area (TPSA) is 70.1 Å². The molecular formula is C16H11N3O. The van der Waals surface area contributed by atoms with E-state index in [1.807, 2.05) is 42.5 Å². The number of primary amides is 1. The molecular weight excluding hydrogens is 250 g/mol. The number of nitrogens with two attached hydrogens (primary N) is 1. The molecule has 0 fully saturated rings. The Labute approximate surface area is 116 Å². The second kappa shape index (κ2) is 4.56. The van der Waals surface area contributed by atoms with Crippen molar-refractivity contribution in [3.05, 3.63) is 59.2 Å². The predicted octanol–water partition coefficient (Wildman–Crippen LogP) is 3.26. The molecule has 96 valence electrons. The average Bonchev–Trinajstić information content (AvgIpc) is 2.62. The van der Waals surface area contributed by atoms with E-state index in [4.69, 9.17) is 11.0 Å². The van der Waals surface area contributed by atoms with Crippen LogP contribution in [0.1, 0.15) is 16.7 Å². The van der Waals surface area contributed by atoms with Gasteiger partial charge in [-0.15, -0.1) is 0 Å². The Morgan fingerprint density at radius 2 is 1.75 bits per heavy atom. The number of amides is 2. The van der Waals surface area contributed by atoms with Crippen molar-refractivity contribution in [3.8, 4) is 6.07 Å². The maximum Gasteiger partial charge on any atom is 0.323 e. The first-order valence-electron chi connectivity index (χ1n) is 6.11. The van der Waals surface area contributed by atoms with Crippen molar-refractivity contribution >= 4 is 29.6 Å². The zero-order valence-electron chi connectivity index (χ0n) is 10.6. The number of para-hydroxylation sites is 1. The fourth-order valence-electron chi connectivity index (χ4n) is 2.33. The number of nitrogens with zero attached hydrogens (tertiary/aromatic N) is 2. The largest absolute Gasteiger partial charge is 0.351 e. The second-order valence-corrected chi connectivity index (χ2v) is 4.45. The van der Waals surface area contributed by atoms with Gasteiger partial charge in [-0.2, -0.15) is 5.26 Å². The summed E-state index contributed by atoms with van der Waals surface area (Å²) < 4.78 is 0. The minimum Gasteiger partial charge on any atom is -0.351 e. The lowest BCUT2D eigenvalue weighted by Gasteiger charge is -2.22. The van der Waals surface area contributed by atoms with Gasteiger partial charge in [0, 0.05) is 0 Å². The standard InChI is InChI=1S/C16H11N3O/c17-10-11-5-6-13-8-7-12-3-1-2-4-14(12)19(16(18)20)15(13)9-11/h1-9H,(H2,18,20). The Hall–Kier alpha value is -3.06. The molecule has 2 amide bonds. The molecule has 2 N–H and O–H groups in total. The van der Waals surface area contributed by atoms with E-state index < -0.39 is 6.03 Å². The summed E-state index contributed by atoms with van der Waals surface area (Å²) in [7, 11) is 0. The number of carbonyl (C=O) groups is 1. The van der Waals surface area contributed by atoms with Crippen molar-refractivity contribution < 1.29 is 4.79 Å². The molecule has 0 unspecified atom stereocenters. The van der Waals surface area contributed by atoms with E-state index in [9.17, 15) is 4.79 Å². The molecule has 0 saturated carbocycles. The van der Waals surface area contributed by atoms with Gasteiger partial charge in [0.05, 0.1) is 23.0 Å². The Bertz CT molecular complexity index is 772. The van der Waals surface area contributed by atoms with Crippen molar-refractivity contribution in [1.29, 1.82) is 5.26 Å². The summed E-state index contributed by atoms with van der Waals surface area (Å²) in [5, 5.41) is 9.03. The van der Waals surface area contributed by atoms with Gasteiger partial charge in [0.1, 0.15) is 0 Å². The quantitative estimate of drug-likeness (QED) is 0.790. The zero-order valence-corrected chi connectivity index (χ0v) is 10.6. The fourth-order valence-corrected chi connectivity index (χ4v) is 2.33. The molecule has 0 spiro atoms. The highest BCUT2D eigenvalue weighted by atomic mass is 16.2. The van der Waals surface area contributed by atoms with Crippen LogP contribution in [0.5, 0.6) is 0 Å². The Morgan fingerprint density at radius 1 is 1.05 bits per heavy atom. The van der Waals surface area contributed by atoms with E-state index >= 15 is 0 Å². The number of anilines is 2. The van der Waals surface area contributed by atoms with Crippen molar-refractivity contribution in [2.75, 3.05) is 4.90 Å². The first-order chi connectivity index (χ1) is 9.70. The molecule has 1 aliphatic rings. The van der Waals surface area contributed by atoms with Crippen molar-refractivity contribution in [2.24, 2.45) is 5.73 Å². The third kappa shape index (κ3) is 1.82. The molecule has 2 aromatic carbocycles. The van der Waals surface area contributed by atoms with Crippen LogP contribution >= 0.6 is 0 Å². The molecule has 1 aliphatic heterocycles. The van der Waals surface area contributed by atoms with Gasteiger partial charge in [-0.05, 0) is 29.3 Å². The maximum atomic E-state index is 11.9. The molecule has 4 heteroatoms. The first-order valence-corrected chi connectivity index (χ1v) is 6.11. The van der Waals surface area contributed by atoms with Crippen LogP contribution in [0.15, 0.2) is 42.5 Å². The number of hydrogen-bond donors (Lipinski definition) is 1.